The first kappa shape index (κ1) is 18.9. The fourth-order valence-electron chi connectivity index (χ4n) is 2.69. The first-order chi connectivity index (χ1) is 12.1. The highest BCUT2D eigenvalue weighted by Gasteiger charge is 2.17. The van der Waals surface area contributed by atoms with Gasteiger partial charge in [-0.2, -0.15) is 0 Å². The first-order valence-electron chi connectivity index (χ1n) is 8.60. The van der Waals surface area contributed by atoms with Gasteiger partial charge in [0, 0.05) is 18.0 Å². The van der Waals surface area contributed by atoms with Gasteiger partial charge in [-0.25, -0.2) is 0 Å². The summed E-state index contributed by atoms with van der Waals surface area (Å²) in [5.74, 6) is -0.388. The second-order valence-electron chi connectivity index (χ2n) is 6.22. The van der Waals surface area contributed by atoms with Crippen molar-refractivity contribution < 1.29 is 14.3 Å². The minimum atomic E-state index is -0.520. The van der Waals surface area contributed by atoms with Gasteiger partial charge in [0.1, 0.15) is 0 Å². The van der Waals surface area contributed by atoms with E-state index < -0.39 is 6.04 Å². The number of ketones is 1. The predicted octanol–water partition coefficient (Wildman–Crippen LogP) is 3.46. The van der Waals surface area contributed by atoms with E-state index in [0.717, 1.165) is 18.4 Å². The van der Waals surface area contributed by atoms with Crippen LogP contribution in [0, 0.1) is 6.92 Å². The minimum Gasteiger partial charge on any atom is -0.466 e. The largest absolute Gasteiger partial charge is 0.466 e. The second-order valence-corrected chi connectivity index (χ2v) is 6.22. The normalized spacial score (nSPS) is 11.8. The van der Waals surface area contributed by atoms with Gasteiger partial charge in [-0.3, -0.25) is 9.59 Å². The molecule has 2 N–H and O–H groups in total. The van der Waals surface area contributed by atoms with Gasteiger partial charge >= 0.3 is 5.97 Å². The van der Waals surface area contributed by atoms with E-state index in [-0.39, 0.29) is 24.6 Å². The lowest BCUT2D eigenvalue weighted by Crippen LogP contribution is -2.28. The van der Waals surface area contributed by atoms with E-state index in [0.29, 0.717) is 12.2 Å². The Morgan fingerprint density at radius 1 is 1.00 bits per heavy atom. The minimum absolute atomic E-state index is 0.0394. The van der Waals surface area contributed by atoms with Gasteiger partial charge < -0.3 is 10.5 Å². The van der Waals surface area contributed by atoms with Gasteiger partial charge in [-0.15, -0.1) is 0 Å². The molecule has 0 radical (unpaired) electrons. The van der Waals surface area contributed by atoms with E-state index >= 15 is 0 Å². The molecule has 4 nitrogen and oxygen atoms in total. The smallest absolute Gasteiger partial charge is 0.307 e. The molecule has 0 aliphatic carbocycles. The van der Waals surface area contributed by atoms with Crippen molar-refractivity contribution in [3.63, 3.8) is 0 Å². The predicted molar refractivity (Wildman–Crippen MR) is 98.4 cm³/mol. The monoisotopic (exact) mass is 339 g/mol. The Labute approximate surface area is 149 Å². The van der Waals surface area contributed by atoms with E-state index in [1.807, 2.05) is 43.3 Å². The van der Waals surface area contributed by atoms with Gasteiger partial charge in [0.15, 0.2) is 5.78 Å². The summed E-state index contributed by atoms with van der Waals surface area (Å²) in [7, 11) is 0. The molecule has 1 unspecified atom stereocenters. The number of Topliss-reactive ketones (excluding diaryl/α,β-unsaturated/α-hetero) is 1. The molecule has 2 aromatic carbocycles. The van der Waals surface area contributed by atoms with Crippen molar-refractivity contribution in [1.29, 1.82) is 0 Å². The molecule has 0 fully saturated rings. The van der Waals surface area contributed by atoms with E-state index in [4.69, 9.17) is 10.5 Å². The third-order valence-corrected chi connectivity index (χ3v) is 4.04. The molecule has 0 aliphatic heterocycles. The van der Waals surface area contributed by atoms with Crippen molar-refractivity contribution in [2.24, 2.45) is 5.73 Å². The molecule has 0 spiro atoms. The van der Waals surface area contributed by atoms with Gasteiger partial charge in [-0.05, 0) is 30.9 Å². The quantitative estimate of drug-likeness (QED) is 0.431. The van der Waals surface area contributed by atoms with Crippen LogP contribution in [0.3, 0.4) is 0 Å². The molecule has 0 aliphatic rings. The maximum atomic E-state index is 12.2. The average Bonchev–Trinajstić information content (AvgIpc) is 2.60. The Morgan fingerprint density at radius 2 is 1.68 bits per heavy atom. The third kappa shape index (κ3) is 6.51. The molecule has 0 saturated heterocycles. The number of hydrogen-bond donors (Lipinski definition) is 1. The number of nitrogens with two attached hydrogens (primary N) is 1. The number of ether oxygens (including phenoxy) is 1. The first-order valence-corrected chi connectivity index (χ1v) is 8.60. The van der Waals surface area contributed by atoms with Crippen molar-refractivity contribution in [2.45, 2.75) is 38.6 Å². The highest BCUT2D eigenvalue weighted by Crippen LogP contribution is 2.12. The van der Waals surface area contributed by atoms with Crippen molar-refractivity contribution >= 4 is 11.8 Å². The van der Waals surface area contributed by atoms with Crippen molar-refractivity contribution in [2.75, 3.05) is 6.61 Å². The lowest BCUT2D eigenvalue weighted by Gasteiger charge is -2.12. The van der Waals surface area contributed by atoms with Crippen molar-refractivity contribution in [1.82, 2.24) is 0 Å². The van der Waals surface area contributed by atoms with Crippen molar-refractivity contribution in [3.05, 3.63) is 71.3 Å². The maximum Gasteiger partial charge on any atom is 0.307 e. The highest BCUT2D eigenvalue weighted by atomic mass is 16.5. The Bertz CT molecular complexity index is 697. The third-order valence-electron chi connectivity index (χ3n) is 4.04. The molecule has 0 saturated carbocycles. The van der Waals surface area contributed by atoms with Gasteiger partial charge in [-0.1, -0.05) is 54.6 Å². The molecule has 2 rings (SSSR count). The number of carbonyl (C=O) groups excluding carboxylic acids is 2. The zero-order chi connectivity index (χ0) is 18.1. The number of hydrogen-bond acceptors (Lipinski definition) is 4. The summed E-state index contributed by atoms with van der Waals surface area (Å²) in [4.78, 5) is 24.1. The van der Waals surface area contributed by atoms with Crippen LogP contribution in [-0.4, -0.2) is 24.4 Å². The van der Waals surface area contributed by atoms with Crippen LogP contribution in [0.15, 0.2) is 54.6 Å². The lowest BCUT2D eigenvalue weighted by molar-refractivity contribution is -0.144. The molecule has 2 aromatic rings. The molecule has 25 heavy (non-hydrogen) atoms. The van der Waals surface area contributed by atoms with Crippen molar-refractivity contribution in [3.8, 4) is 0 Å². The summed E-state index contributed by atoms with van der Waals surface area (Å²) < 4.78 is 5.22. The Kier molecular flexibility index (Phi) is 7.36. The van der Waals surface area contributed by atoms with Crippen LogP contribution in [0.4, 0.5) is 0 Å². The van der Waals surface area contributed by atoms with Crippen LogP contribution in [-0.2, 0) is 16.0 Å². The highest BCUT2D eigenvalue weighted by molar-refractivity contribution is 5.97. The van der Waals surface area contributed by atoms with Crippen LogP contribution in [0.2, 0.25) is 0 Å². The van der Waals surface area contributed by atoms with Crippen LogP contribution in [0.5, 0.6) is 0 Å². The molecule has 0 bridgehead atoms. The number of aryl methyl sites for hydroxylation is 2. The number of carbonyl (C=O) groups is 2. The van der Waals surface area contributed by atoms with Crippen LogP contribution < -0.4 is 5.73 Å². The zero-order valence-corrected chi connectivity index (χ0v) is 14.6. The van der Waals surface area contributed by atoms with Gasteiger partial charge in [0.2, 0.25) is 0 Å². The average molecular weight is 339 g/mol. The summed E-state index contributed by atoms with van der Waals surface area (Å²) in [6.45, 7) is 2.26. The second kappa shape index (κ2) is 9.74. The Morgan fingerprint density at radius 3 is 2.40 bits per heavy atom. The molecule has 132 valence electrons. The standard InChI is InChI=1S/C21H25NO3/c1-16-8-5-6-12-19(16)20(23)14-18(22)15-21(24)25-13-7-11-17-9-3-2-4-10-17/h2-6,8-10,12,18H,7,11,13-15,22H2,1H3. The topological polar surface area (TPSA) is 69.4 Å². The summed E-state index contributed by atoms with van der Waals surface area (Å²) in [5, 5.41) is 0. The molecule has 0 amide bonds. The number of benzene rings is 2. The van der Waals surface area contributed by atoms with Gasteiger partial charge in [0.25, 0.3) is 0 Å². The Balaban J connectivity index is 1.67. The Hall–Kier alpha value is -2.46. The fraction of sp³-hybridized carbons (Fsp3) is 0.333. The zero-order valence-electron chi connectivity index (χ0n) is 14.6. The van der Waals surface area contributed by atoms with E-state index in [1.165, 1.54) is 5.56 Å². The molecular weight excluding hydrogens is 314 g/mol. The van der Waals surface area contributed by atoms with Gasteiger partial charge in [0.05, 0.1) is 13.0 Å². The molecule has 4 heteroatoms. The van der Waals surface area contributed by atoms with E-state index in [1.54, 1.807) is 6.07 Å². The van der Waals surface area contributed by atoms with Crippen LogP contribution in [0.1, 0.15) is 40.7 Å². The summed E-state index contributed by atoms with van der Waals surface area (Å²) >= 11 is 0. The molecule has 0 heterocycles. The van der Waals surface area contributed by atoms with Crippen LogP contribution in [0.25, 0.3) is 0 Å². The molecule has 1 atom stereocenters. The lowest BCUT2D eigenvalue weighted by atomic mass is 9.99. The SMILES string of the molecule is Cc1ccccc1C(=O)CC(N)CC(=O)OCCCc1ccccc1. The summed E-state index contributed by atoms with van der Waals surface area (Å²) in [5.41, 5.74) is 8.74. The van der Waals surface area contributed by atoms with E-state index in [9.17, 15) is 9.59 Å². The van der Waals surface area contributed by atoms with Crippen LogP contribution >= 0.6 is 0 Å². The molecular formula is C21H25NO3. The molecule has 0 aromatic heterocycles. The maximum absolute atomic E-state index is 12.2. The fourth-order valence-corrected chi connectivity index (χ4v) is 2.69. The summed E-state index contributed by atoms with van der Waals surface area (Å²) in [6.07, 6.45) is 1.84. The number of rotatable bonds is 9. The summed E-state index contributed by atoms with van der Waals surface area (Å²) in [6, 6.07) is 16.9. The number of esters is 1. The van der Waals surface area contributed by atoms with E-state index in [2.05, 4.69) is 12.1 Å².